The van der Waals surface area contributed by atoms with Gasteiger partial charge in [0.05, 0.1) is 32.4 Å². The quantitative estimate of drug-likeness (QED) is 0.315. The summed E-state index contributed by atoms with van der Waals surface area (Å²) in [5, 5.41) is 8.23. The molecule has 0 unspecified atom stereocenters. The third-order valence-corrected chi connectivity index (χ3v) is 6.99. The average Bonchev–Trinajstić information content (AvgIpc) is 3.56. The van der Waals surface area contributed by atoms with Gasteiger partial charge in [-0.25, -0.2) is 9.78 Å². The summed E-state index contributed by atoms with van der Waals surface area (Å²) in [6.45, 7) is 7.74. The van der Waals surface area contributed by atoms with Crippen molar-refractivity contribution in [1.82, 2.24) is 19.8 Å². The van der Waals surface area contributed by atoms with Crippen LogP contribution in [0.15, 0.2) is 65.5 Å². The van der Waals surface area contributed by atoms with Gasteiger partial charge in [0.1, 0.15) is 10.8 Å². The second kappa shape index (κ2) is 10.4. The molecule has 0 fully saturated rings. The predicted molar refractivity (Wildman–Crippen MR) is 139 cm³/mol. The molecule has 0 spiro atoms. The number of hydrogen-bond acceptors (Lipinski definition) is 5. The van der Waals surface area contributed by atoms with Crippen molar-refractivity contribution in [3.05, 3.63) is 81.8 Å². The summed E-state index contributed by atoms with van der Waals surface area (Å²) >= 11 is 3.30. The number of urea groups is 1. The molecule has 0 saturated heterocycles. The monoisotopic (exact) mass is 494 g/mol. The molecule has 0 bridgehead atoms. The molecule has 4 rings (SSSR count). The highest BCUT2D eigenvalue weighted by Gasteiger charge is 2.21. The molecular weight excluding hydrogens is 464 g/mol. The summed E-state index contributed by atoms with van der Waals surface area (Å²) in [5.74, 6) is 0.833. The Labute approximate surface area is 208 Å². The lowest BCUT2D eigenvalue weighted by Gasteiger charge is -2.28. The molecule has 0 saturated carbocycles. The minimum atomic E-state index is -0.300. The van der Waals surface area contributed by atoms with Crippen LogP contribution in [-0.4, -0.2) is 33.1 Å². The molecule has 0 atom stereocenters. The second-order valence-corrected chi connectivity index (χ2v) is 11.0. The number of thiazole rings is 1. The fraction of sp³-hybridized carbons (Fsp3) is 0.308. The molecule has 0 radical (unpaired) electrons. The van der Waals surface area contributed by atoms with Crippen molar-refractivity contribution in [1.29, 1.82) is 0 Å². The van der Waals surface area contributed by atoms with E-state index in [-0.39, 0.29) is 11.6 Å². The second-order valence-electron chi connectivity index (χ2n) is 9.12. The number of nitrogens with one attached hydrogen (secondary N) is 1. The van der Waals surface area contributed by atoms with Crippen LogP contribution in [0.5, 0.6) is 5.75 Å². The fourth-order valence-corrected chi connectivity index (χ4v) is 5.09. The van der Waals surface area contributed by atoms with Gasteiger partial charge in [-0.3, -0.25) is 0 Å². The number of hydrogen-bond donors (Lipinski definition) is 1. The highest BCUT2D eigenvalue weighted by Crippen LogP contribution is 2.26. The van der Waals surface area contributed by atoms with E-state index in [0.717, 1.165) is 32.6 Å². The number of amides is 2. The summed E-state index contributed by atoms with van der Waals surface area (Å²) < 4.78 is 7.41. The van der Waals surface area contributed by atoms with Crippen molar-refractivity contribution < 1.29 is 9.53 Å². The van der Waals surface area contributed by atoms with Crippen molar-refractivity contribution in [2.75, 3.05) is 7.11 Å². The zero-order chi connectivity index (χ0) is 24.1. The zero-order valence-corrected chi connectivity index (χ0v) is 21.6. The summed E-state index contributed by atoms with van der Waals surface area (Å²) in [6, 6.07) is 16.1. The van der Waals surface area contributed by atoms with Gasteiger partial charge in [-0.1, -0.05) is 6.07 Å². The molecule has 3 aromatic heterocycles. The average molecular weight is 495 g/mol. The Morgan fingerprint density at radius 3 is 2.56 bits per heavy atom. The van der Waals surface area contributed by atoms with E-state index in [4.69, 9.17) is 9.72 Å². The van der Waals surface area contributed by atoms with E-state index in [2.05, 4.69) is 27.4 Å². The highest BCUT2D eigenvalue weighted by molar-refractivity contribution is 7.13. The van der Waals surface area contributed by atoms with Crippen molar-refractivity contribution in [3.63, 3.8) is 0 Å². The smallest absolute Gasteiger partial charge is 0.318 e. The van der Waals surface area contributed by atoms with Crippen LogP contribution in [0.3, 0.4) is 0 Å². The van der Waals surface area contributed by atoms with Gasteiger partial charge in [-0.15, -0.1) is 22.7 Å². The molecule has 8 heteroatoms. The Hall–Kier alpha value is -3.10. The maximum Gasteiger partial charge on any atom is 0.318 e. The van der Waals surface area contributed by atoms with Gasteiger partial charge in [0.2, 0.25) is 0 Å². The first-order valence-electron chi connectivity index (χ1n) is 11.1. The molecule has 0 aliphatic rings. The molecule has 6 nitrogen and oxygen atoms in total. The SMILES string of the molecule is COc1ccc(-c2nc(Cn3cccc3CN(Cc3cccs3)C(=O)NC(C)(C)C)cs2)cc1. The number of carbonyl (C=O) groups is 1. The standard InChI is InChI=1S/C26H30N4O2S2/c1-26(2,3)28-25(31)30(17-23-8-6-14-33-23)16-21-7-5-13-29(21)15-20-18-34-24(27-20)19-9-11-22(32-4)12-10-19/h5-14,18H,15-17H2,1-4H3,(H,28,31). The third-order valence-electron chi connectivity index (χ3n) is 5.19. The van der Waals surface area contributed by atoms with Gasteiger partial charge in [0.25, 0.3) is 0 Å². The number of methoxy groups -OCH3 is 1. The molecule has 3 heterocycles. The molecule has 0 aliphatic heterocycles. The maximum absolute atomic E-state index is 13.1. The third kappa shape index (κ3) is 6.27. The van der Waals surface area contributed by atoms with E-state index in [1.54, 1.807) is 29.8 Å². The Morgan fingerprint density at radius 2 is 1.88 bits per heavy atom. The van der Waals surface area contributed by atoms with Crippen LogP contribution in [0.1, 0.15) is 37.0 Å². The number of nitrogens with zero attached hydrogens (tertiary/aromatic N) is 3. The first kappa shape index (κ1) is 24.0. The molecular formula is C26H30N4O2S2. The Kier molecular flexibility index (Phi) is 7.38. The molecule has 4 aromatic rings. The van der Waals surface area contributed by atoms with E-state index in [0.29, 0.717) is 19.6 Å². The lowest BCUT2D eigenvalue weighted by Crippen LogP contribution is -2.48. The molecule has 0 aliphatic carbocycles. The summed E-state index contributed by atoms with van der Waals surface area (Å²) in [7, 11) is 1.67. The lowest BCUT2D eigenvalue weighted by atomic mass is 10.1. The summed E-state index contributed by atoms with van der Waals surface area (Å²) in [6.07, 6.45) is 2.05. The first-order chi connectivity index (χ1) is 16.3. The number of thiophene rings is 1. The fourth-order valence-electron chi connectivity index (χ4n) is 3.55. The van der Waals surface area contributed by atoms with Gasteiger partial charge >= 0.3 is 6.03 Å². The summed E-state index contributed by atoms with van der Waals surface area (Å²) in [5.41, 5.74) is 2.84. The largest absolute Gasteiger partial charge is 0.497 e. The van der Waals surface area contributed by atoms with Crippen LogP contribution in [0.2, 0.25) is 0 Å². The Balaban J connectivity index is 1.49. The van der Waals surface area contributed by atoms with Gasteiger partial charge in [0.15, 0.2) is 0 Å². The van der Waals surface area contributed by atoms with E-state index in [1.165, 1.54) is 0 Å². The lowest BCUT2D eigenvalue weighted by molar-refractivity contribution is 0.182. The first-order valence-corrected chi connectivity index (χ1v) is 12.9. The minimum absolute atomic E-state index is 0.0656. The van der Waals surface area contributed by atoms with Gasteiger partial charge in [-0.2, -0.15) is 0 Å². The minimum Gasteiger partial charge on any atom is -0.497 e. The predicted octanol–water partition coefficient (Wildman–Crippen LogP) is 6.24. The molecule has 2 amide bonds. The van der Waals surface area contributed by atoms with Crippen molar-refractivity contribution in [2.45, 2.75) is 45.9 Å². The number of benzene rings is 1. The van der Waals surface area contributed by atoms with Gasteiger partial charge in [-0.05, 0) is 68.6 Å². The molecule has 1 aromatic carbocycles. The van der Waals surface area contributed by atoms with Crippen molar-refractivity contribution >= 4 is 28.7 Å². The maximum atomic E-state index is 13.1. The zero-order valence-electron chi connectivity index (χ0n) is 19.9. The van der Waals surface area contributed by atoms with Gasteiger partial charge in [0, 0.05) is 33.3 Å². The van der Waals surface area contributed by atoms with Crippen molar-refractivity contribution in [2.24, 2.45) is 0 Å². The van der Waals surface area contributed by atoms with E-state index in [9.17, 15) is 4.79 Å². The number of ether oxygens (including phenoxy) is 1. The van der Waals surface area contributed by atoms with Crippen LogP contribution >= 0.6 is 22.7 Å². The van der Waals surface area contributed by atoms with Crippen LogP contribution in [0.4, 0.5) is 4.79 Å². The highest BCUT2D eigenvalue weighted by atomic mass is 32.1. The normalized spacial score (nSPS) is 11.4. The summed E-state index contributed by atoms with van der Waals surface area (Å²) in [4.78, 5) is 20.9. The van der Waals surface area contributed by atoms with Crippen LogP contribution < -0.4 is 10.1 Å². The number of rotatable bonds is 8. The van der Waals surface area contributed by atoms with Crippen LogP contribution in [-0.2, 0) is 19.6 Å². The molecule has 34 heavy (non-hydrogen) atoms. The van der Waals surface area contributed by atoms with Crippen molar-refractivity contribution in [3.8, 4) is 16.3 Å². The Morgan fingerprint density at radius 1 is 1.09 bits per heavy atom. The topological polar surface area (TPSA) is 59.4 Å². The number of carbonyl (C=O) groups excluding carboxylic acids is 1. The number of aromatic nitrogens is 2. The van der Waals surface area contributed by atoms with Gasteiger partial charge < -0.3 is 19.5 Å². The van der Waals surface area contributed by atoms with Crippen LogP contribution in [0, 0.1) is 0 Å². The van der Waals surface area contributed by atoms with E-state index >= 15 is 0 Å². The molecule has 178 valence electrons. The Bertz CT molecular complexity index is 1200. The van der Waals surface area contributed by atoms with E-state index in [1.807, 2.05) is 73.6 Å². The van der Waals surface area contributed by atoms with Crippen LogP contribution in [0.25, 0.3) is 10.6 Å². The van der Waals surface area contributed by atoms with E-state index < -0.39 is 0 Å². The molecule has 1 N–H and O–H groups in total.